The SMILES string of the molecule is CNC1(CCc2c[nH]c3ccccc23)NC(N(C)C)=C(c2ccc3ccccc3c2)C(N)(N2CCCCC2)N1. The summed E-state index contributed by atoms with van der Waals surface area (Å²) in [4.78, 5) is 8.06. The largest absolute Gasteiger partial charge is 0.364 e. The summed E-state index contributed by atoms with van der Waals surface area (Å²) in [6.45, 7) is 1.92. The van der Waals surface area contributed by atoms with E-state index in [0.29, 0.717) is 0 Å². The lowest BCUT2D eigenvalue weighted by Gasteiger charge is -2.55. The highest BCUT2D eigenvalue weighted by Gasteiger charge is 2.50. The van der Waals surface area contributed by atoms with Crippen LogP contribution in [0, 0.1) is 0 Å². The number of para-hydroxylation sites is 1. The van der Waals surface area contributed by atoms with Crippen molar-refractivity contribution in [3.05, 3.63) is 89.9 Å². The lowest BCUT2D eigenvalue weighted by Crippen LogP contribution is -2.82. The van der Waals surface area contributed by atoms with E-state index in [1.807, 2.05) is 7.05 Å². The Bertz CT molecular complexity index is 1500. The number of likely N-dealkylation sites (tertiary alicyclic amines) is 1. The number of nitrogens with two attached hydrogens (primary N) is 1. The fourth-order valence-electron chi connectivity index (χ4n) is 6.42. The number of hydrogen-bond donors (Lipinski definition) is 5. The molecule has 0 radical (unpaired) electrons. The molecule has 2 aliphatic heterocycles. The standard InChI is InChI=1S/C32H41N7/c1-34-31(18-17-26-22-35-28-14-8-7-13-27(26)28)36-30(38(2)3)29(32(33,37-31)39-19-9-4-10-20-39)25-16-15-23-11-5-6-12-24(23)21-25/h5-8,11-16,21-22,34-37H,4,9-10,17-20,33H2,1-3H3. The summed E-state index contributed by atoms with van der Waals surface area (Å²) in [5.41, 5.74) is 12.3. The molecular formula is C32H41N7. The van der Waals surface area contributed by atoms with Crippen LogP contribution in [0.5, 0.6) is 0 Å². The van der Waals surface area contributed by atoms with E-state index in [1.165, 1.54) is 33.7 Å². The van der Waals surface area contributed by atoms with Crippen molar-refractivity contribution in [2.45, 2.75) is 43.7 Å². The van der Waals surface area contributed by atoms with Gasteiger partial charge < -0.3 is 15.2 Å². The van der Waals surface area contributed by atoms with Crippen molar-refractivity contribution in [1.82, 2.24) is 30.7 Å². The minimum absolute atomic E-state index is 0.607. The van der Waals surface area contributed by atoms with E-state index >= 15 is 0 Å². The molecule has 6 N–H and O–H groups in total. The highest BCUT2D eigenvalue weighted by atomic mass is 15.5. The predicted octanol–water partition coefficient (Wildman–Crippen LogP) is 4.35. The summed E-state index contributed by atoms with van der Waals surface area (Å²) in [5.74, 6) is -0.438. The van der Waals surface area contributed by atoms with Crippen LogP contribution in [-0.2, 0) is 6.42 Å². The molecule has 2 atom stereocenters. The van der Waals surface area contributed by atoms with E-state index in [4.69, 9.17) is 5.73 Å². The quantitative estimate of drug-likeness (QED) is 0.248. The highest BCUT2D eigenvalue weighted by Crippen LogP contribution is 2.38. The van der Waals surface area contributed by atoms with E-state index in [-0.39, 0.29) is 0 Å². The highest BCUT2D eigenvalue weighted by molar-refractivity contribution is 5.88. The average Bonchev–Trinajstić information content (AvgIpc) is 3.39. The van der Waals surface area contributed by atoms with Crippen LogP contribution < -0.4 is 21.7 Å². The molecule has 4 aromatic rings. The van der Waals surface area contributed by atoms with E-state index < -0.39 is 11.6 Å². The number of piperidine rings is 1. The number of fused-ring (bicyclic) bond motifs is 2. The number of nitrogens with zero attached hydrogens (tertiary/aromatic N) is 2. The number of nitrogens with one attached hydrogen (secondary N) is 4. The molecule has 1 fully saturated rings. The zero-order valence-corrected chi connectivity index (χ0v) is 23.3. The number of benzene rings is 3. The molecule has 3 aromatic carbocycles. The Labute approximate surface area is 231 Å². The van der Waals surface area contributed by atoms with Gasteiger partial charge in [-0.2, -0.15) is 0 Å². The van der Waals surface area contributed by atoms with Gasteiger partial charge in [-0.05, 0) is 60.3 Å². The van der Waals surface area contributed by atoms with Crippen molar-refractivity contribution < 1.29 is 0 Å². The van der Waals surface area contributed by atoms with Crippen molar-refractivity contribution in [3.8, 4) is 0 Å². The second kappa shape index (κ2) is 10.3. The molecular weight excluding hydrogens is 482 g/mol. The summed E-state index contributed by atoms with van der Waals surface area (Å²) < 4.78 is 0. The van der Waals surface area contributed by atoms with Crippen molar-refractivity contribution in [2.24, 2.45) is 5.73 Å². The van der Waals surface area contributed by atoms with Crippen molar-refractivity contribution >= 4 is 27.2 Å². The van der Waals surface area contributed by atoms with Gasteiger partial charge in [-0.25, -0.2) is 5.32 Å². The van der Waals surface area contributed by atoms with Crippen LogP contribution in [0.15, 0.2) is 78.7 Å². The maximum absolute atomic E-state index is 7.62. The average molecular weight is 524 g/mol. The molecule has 0 amide bonds. The van der Waals surface area contributed by atoms with Crippen molar-refractivity contribution in [2.75, 3.05) is 34.2 Å². The second-order valence-electron chi connectivity index (χ2n) is 11.3. The Morgan fingerprint density at radius 1 is 0.949 bits per heavy atom. The Hall–Kier alpha value is -3.36. The van der Waals surface area contributed by atoms with Crippen LogP contribution in [0.25, 0.3) is 27.2 Å². The Balaban J connectivity index is 1.45. The first-order valence-corrected chi connectivity index (χ1v) is 14.2. The molecule has 0 bridgehead atoms. The smallest absolute Gasteiger partial charge is 0.157 e. The van der Waals surface area contributed by atoms with Crippen LogP contribution in [0.3, 0.4) is 0 Å². The van der Waals surface area contributed by atoms with Gasteiger partial charge >= 0.3 is 0 Å². The summed E-state index contributed by atoms with van der Waals surface area (Å²) in [6.07, 6.45) is 7.38. The Morgan fingerprint density at radius 2 is 1.69 bits per heavy atom. The lowest BCUT2D eigenvalue weighted by atomic mass is 9.90. The number of H-pyrrole nitrogens is 1. The molecule has 7 heteroatoms. The molecule has 1 aromatic heterocycles. The van der Waals surface area contributed by atoms with E-state index in [9.17, 15) is 0 Å². The van der Waals surface area contributed by atoms with Gasteiger partial charge in [-0.3, -0.25) is 16.0 Å². The number of aromatic nitrogens is 1. The van der Waals surface area contributed by atoms with E-state index in [1.54, 1.807) is 0 Å². The van der Waals surface area contributed by atoms with Gasteiger partial charge in [0.1, 0.15) is 11.6 Å². The number of aryl methyl sites for hydroxylation is 1. The summed E-state index contributed by atoms with van der Waals surface area (Å²) >= 11 is 0. The Kier molecular flexibility index (Phi) is 6.85. The van der Waals surface area contributed by atoms with Crippen LogP contribution in [0.1, 0.15) is 36.8 Å². The van der Waals surface area contributed by atoms with Gasteiger partial charge in [0, 0.05) is 56.3 Å². The van der Waals surface area contributed by atoms with Gasteiger partial charge in [0.05, 0.1) is 0 Å². The summed E-state index contributed by atoms with van der Waals surface area (Å²) in [6, 6.07) is 23.7. The first kappa shape index (κ1) is 25.9. The summed E-state index contributed by atoms with van der Waals surface area (Å²) in [5, 5.41) is 15.2. The molecule has 1 saturated heterocycles. The molecule has 2 unspecified atom stereocenters. The van der Waals surface area contributed by atoms with E-state index in [0.717, 1.165) is 55.7 Å². The van der Waals surface area contributed by atoms with Crippen LogP contribution in [0.2, 0.25) is 0 Å². The molecule has 2 aliphatic rings. The normalized spacial score (nSPS) is 24.3. The maximum atomic E-state index is 7.62. The lowest BCUT2D eigenvalue weighted by molar-refractivity contribution is 0.0188. The molecule has 39 heavy (non-hydrogen) atoms. The number of rotatable bonds is 7. The topological polar surface area (TPSA) is 84.4 Å². The van der Waals surface area contributed by atoms with Gasteiger partial charge in [0.25, 0.3) is 0 Å². The minimum atomic E-state index is -0.864. The molecule has 0 saturated carbocycles. The minimum Gasteiger partial charge on any atom is -0.364 e. The van der Waals surface area contributed by atoms with Gasteiger partial charge in [-0.15, -0.1) is 0 Å². The van der Waals surface area contributed by atoms with Crippen molar-refractivity contribution in [1.29, 1.82) is 0 Å². The third-order valence-corrected chi connectivity index (χ3v) is 8.56. The zero-order valence-electron chi connectivity index (χ0n) is 23.3. The molecule has 0 aliphatic carbocycles. The van der Waals surface area contributed by atoms with Crippen LogP contribution in [0.4, 0.5) is 0 Å². The first-order chi connectivity index (χ1) is 18.9. The predicted molar refractivity (Wildman–Crippen MR) is 162 cm³/mol. The number of aromatic amines is 1. The first-order valence-electron chi connectivity index (χ1n) is 14.2. The molecule has 204 valence electrons. The fourth-order valence-corrected chi connectivity index (χ4v) is 6.42. The van der Waals surface area contributed by atoms with Gasteiger partial charge in [0.2, 0.25) is 0 Å². The molecule has 6 rings (SSSR count). The third kappa shape index (κ3) is 4.70. The van der Waals surface area contributed by atoms with Gasteiger partial charge in [0.15, 0.2) is 5.79 Å². The zero-order chi connectivity index (χ0) is 27.0. The van der Waals surface area contributed by atoms with E-state index in [2.05, 4.69) is 118 Å². The Morgan fingerprint density at radius 3 is 2.46 bits per heavy atom. The number of hydrogen-bond acceptors (Lipinski definition) is 6. The summed E-state index contributed by atoms with van der Waals surface area (Å²) in [7, 11) is 6.22. The molecule has 3 heterocycles. The van der Waals surface area contributed by atoms with Crippen LogP contribution >= 0.6 is 0 Å². The van der Waals surface area contributed by atoms with Crippen LogP contribution in [-0.4, -0.2) is 60.6 Å². The fraction of sp³-hybridized carbons (Fsp3) is 0.375. The molecule has 0 spiro atoms. The van der Waals surface area contributed by atoms with Gasteiger partial charge in [-0.1, -0.05) is 61.0 Å². The molecule has 7 nitrogen and oxygen atoms in total. The van der Waals surface area contributed by atoms with Crippen molar-refractivity contribution in [3.63, 3.8) is 0 Å². The maximum Gasteiger partial charge on any atom is 0.157 e. The third-order valence-electron chi connectivity index (χ3n) is 8.56. The second-order valence-corrected chi connectivity index (χ2v) is 11.3. The monoisotopic (exact) mass is 523 g/mol.